The van der Waals surface area contributed by atoms with Crippen molar-refractivity contribution in [2.45, 2.75) is 83.9 Å². The first-order chi connectivity index (χ1) is 19.9. The van der Waals surface area contributed by atoms with Gasteiger partial charge in [-0.15, -0.1) is 0 Å². The highest BCUT2D eigenvalue weighted by molar-refractivity contribution is 6.76. The van der Waals surface area contributed by atoms with E-state index < -0.39 is 21.8 Å². The average Bonchev–Trinajstić information content (AvgIpc) is 3.23. The fraction of sp³-hybridized carbons (Fsp3) is 0.636. The molecule has 0 N–H and O–H groups in total. The van der Waals surface area contributed by atoms with Gasteiger partial charge < -0.3 is 28.1 Å². The molecule has 43 heavy (non-hydrogen) atoms. The van der Waals surface area contributed by atoms with Crippen molar-refractivity contribution in [3.05, 3.63) is 30.0 Å². The molecule has 0 radical (unpaired) electrons. The Kier molecular flexibility index (Phi) is 11.0. The Labute approximate surface area is 260 Å². The Morgan fingerprint density at radius 3 is 2.37 bits per heavy atom. The van der Waals surface area contributed by atoms with Crippen molar-refractivity contribution in [3.63, 3.8) is 0 Å². The molecule has 1 aliphatic heterocycles. The summed E-state index contributed by atoms with van der Waals surface area (Å²) in [5, 5.41) is 1.09. The summed E-state index contributed by atoms with van der Waals surface area (Å²) in [7, 11) is 1.92. The highest BCUT2D eigenvalue weighted by Gasteiger charge is 2.44. The molecule has 1 aromatic carbocycles. The molecular formula is C33H54N2O6Si2. The second-order valence-corrected chi connectivity index (χ2v) is 25.0. The molecule has 1 fully saturated rings. The van der Waals surface area contributed by atoms with Gasteiger partial charge in [-0.25, -0.2) is 0 Å². The molecule has 1 aliphatic rings. The average molecular weight is 631 g/mol. The van der Waals surface area contributed by atoms with Crippen LogP contribution in [0.15, 0.2) is 24.3 Å². The van der Waals surface area contributed by atoms with E-state index in [0.29, 0.717) is 44.2 Å². The molecule has 0 spiro atoms. The maximum absolute atomic E-state index is 14.2. The first kappa shape index (κ1) is 34.9. The Balaban J connectivity index is 1.92. The summed E-state index contributed by atoms with van der Waals surface area (Å²) in [6, 6.07) is 6.84. The Hall–Kier alpha value is -2.57. The number of hydrogen-bond acceptors (Lipinski definition) is 6. The molecule has 1 aromatic heterocycles. The van der Waals surface area contributed by atoms with Crippen LogP contribution in [0.25, 0.3) is 17.0 Å². The minimum Gasteiger partial charge on any atom is -0.493 e. The molecule has 3 rings (SSSR count). The number of methoxy groups -OCH3 is 2. The fourth-order valence-electron chi connectivity index (χ4n) is 5.29. The summed E-state index contributed by atoms with van der Waals surface area (Å²) in [5.74, 6) is 0.958. The molecule has 1 amide bonds. The number of nitrogens with zero attached hydrogens (tertiary/aromatic N) is 2. The predicted molar refractivity (Wildman–Crippen MR) is 180 cm³/mol. The number of hydrogen-bond donors (Lipinski definition) is 0. The number of carbonyl (C=O) groups excluding carboxylic acids is 2. The van der Waals surface area contributed by atoms with E-state index >= 15 is 0 Å². The molecule has 0 saturated carbocycles. The molecule has 240 valence electrons. The number of piperidine rings is 1. The van der Waals surface area contributed by atoms with Crippen LogP contribution < -0.4 is 9.47 Å². The van der Waals surface area contributed by atoms with Crippen LogP contribution >= 0.6 is 0 Å². The van der Waals surface area contributed by atoms with Crippen LogP contribution in [0, 0.1) is 5.41 Å². The molecule has 10 heteroatoms. The van der Waals surface area contributed by atoms with Gasteiger partial charge in [0.25, 0.3) is 0 Å². The molecule has 0 bridgehead atoms. The van der Waals surface area contributed by atoms with Gasteiger partial charge in [-0.3, -0.25) is 9.59 Å². The van der Waals surface area contributed by atoms with Crippen LogP contribution in [0.3, 0.4) is 0 Å². The standard InChI is InChI=1S/C33H54N2O6Si2/c1-32(2,3)43(10,11)41-20-19-35-18-12-16-33(31(35)37,24-28(36)40-21-22-42(7,8)9)17-15-26-23-25-13-14-27(38-5)30(39-6)29(25)34(26)4/h13-15,17,23H,12,16,18-22,24H2,1-11H3/b17-15-/t33-/m1/s1. The van der Waals surface area contributed by atoms with Crippen molar-refractivity contribution in [3.8, 4) is 11.5 Å². The van der Waals surface area contributed by atoms with Crippen molar-refractivity contribution in [1.82, 2.24) is 9.47 Å². The van der Waals surface area contributed by atoms with Crippen LogP contribution in [-0.2, 0) is 25.8 Å². The lowest BCUT2D eigenvalue weighted by molar-refractivity contribution is -0.154. The smallest absolute Gasteiger partial charge is 0.307 e. The highest BCUT2D eigenvalue weighted by Crippen LogP contribution is 2.40. The van der Waals surface area contributed by atoms with Gasteiger partial charge in [0.1, 0.15) is 0 Å². The van der Waals surface area contributed by atoms with Crippen LogP contribution in [0.2, 0.25) is 43.8 Å². The van der Waals surface area contributed by atoms with E-state index in [1.54, 1.807) is 14.2 Å². The number of fused-ring (bicyclic) bond motifs is 1. The van der Waals surface area contributed by atoms with Gasteiger partial charge in [-0.05, 0) is 61.3 Å². The minimum absolute atomic E-state index is 0.0225. The van der Waals surface area contributed by atoms with Crippen LogP contribution in [0.1, 0.15) is 45.7 Å². The quantitative estimate of drug-likeness (QED) is 0.173. The Bertz CT molecular complexity index is 1320. The monoisotopic (exact) mass is 630 g/mol. The zero-order valence-corrected chi connectivity index (χ0v) is 30.4. The number of aryl methyl sites for hydroxylation is 1. The molecular weight excluding hydrogens is 577 g/mol. The molecule has 0 unspecified atom stereocenters. The van der Waals surface area contributed by atoms with E-state index in [2.05, 4.69) is 59.6 Å². The summed E-state index contributed by atoms with van der Waals surface area (Å²) in [4.78, 5) is 29.3. The summed E-state index contributed by atoms with van der Waals surface area (Å²) in [6.07, 6.45) is 5.32. The highest BCUT2D eigenvalue weighted by atomic mass is 28.4. The van der Waals surface area contributed by atoms with Crippen LogP contribution in [-0.4, -0.2) is 78.3 Å². The third kappa shape index (κ3) is 8.33. The van der Waals surface area contributed by atoms with E-state index in [-0.39, 0.29) is 23.3 Å². The Morgan fingerprint density at radius 2 is 1.77 bits per heavy atom. The van der Waals surface area contributed by atoms with Crippen molar-refractivity contribution >= 4 is 45.2 Å². The predicted octanol–water partition coefficient (Wildman–Crippen LogP) is 7.11. The van der Waals surface area contributed by atoms with Gasteiger partial charge in [0.05, 0.1) is 44.8 Å². The SMILES string of the molecule is COc1ccc2cc(/C=C\[C@@]3(CC(=O)OCC[Si](C)(C)C)CCCN(CCO[Si](C)(C)C(C)(C)C)C3=O)n(C)c2c1OC. The molecule has 1 atom stereocenters. The van der Waals surface area contributed by atoms with Crippen molar-refractivity contribution in [2.24, 2.45) is 12.5 Å². The van der Waals surface area contributed by atoms with Gasteiger partial charge >= 0.3 is 5.97 Å². The molecule has 1 saturated heterocycles. The molecule has 2 heterocycles. The first-order valence-corrected chi connectivity index (χ1v) is 22.0. The lowest BCUT2D eigenvalue weighted by Crippen LogP contribution is -2.51. The minimum atomic E-state index is -1.95. The zero-order valence-electron chi connectivity index (χ0n) is 28.4. The number of aromatic nitrogens is 1. The van der Waals surface area contributed by atoms with E-state index in [1.165, 1.54) is 0 Å². The van der Waals surface area contributed by atoms with E-state index in [1.807, 2.05) is 40.8 Å². The third-order valence-corrected chi connectivity index (χ3v) is 15.4. The van der Waals surface area contributed by atoms with Gasteiger partial charge in [0.2, 0.25) is 5.91 Å². The van der Waals surface area contributed by atoms with Crippen molar-refractivity contribution < 1.29 is 28.2 Å². The van der Waals surface area contributed by atoms with Gasteiger partial charge in [0.15, 0.2) is 19.8 Å². The second kappa shape index (κ2) is 13.6. The van der Waals surface area contributed by atoms with Gasteiger partial charge in [-0.1, -0.05) is 46.5 Å². The third-order valence-electron chi connectivity index (χ3n) is 9.12. The van der Waals surface area contributed by atoms with E-state index in [0.717, 1.165) is 29.1 Å². The number of ether oxygens (including phenoxy) is 3. The molecule has 8 nitrogen and oxygen atoms in total. The van der Waals surface area contributed by atoms with E-state index in [9.17, 15) is 9.59 Å². The summed E-state index contributed by atoms with van der Waals surface area (Å²) in [5.41, 5.74) is 0.823. The maximum atomic E-state index is 14.2. The number of benzene rings is 1. The number of carbonyl (C=O) groups is 2. The maximum Gasteiger partial charge on any atom is 0.307 e. The first-order valence-electron chi connectivity index (χ1n) is 15.4. The lowest BCUT2D eigenvalue weighted by atomic mass is 9.75. The van der Waals surface area contributed by atoms with Crippen molar-refractivity contribution in [2.75, 3.05) is 40.5 Å². The van der Waals surface area contributed by atoms with E-state index in [4.69, 9.17) is 18.6 Å². The van der Waals surface area contributed by atoms with Gasteiger partial charge in [-0.2, -0.15) is 0 Å². The van der Waals surface area contributed by atoms with Crippen LogP contribution in [0.4, 0.5) is 0 Å². The van der Waals surface area contributed by atoms with Gasteiger partial charge in [0, 0.05) is 39.3 Å². The topological polar surface area (TPSA) is 79.2 Å². The second-order valence-electron chi connectivity index (χ2n) is 14.6. The van der Waals surface area contributed by atoms with Crippen molar-refractivity contribution in [1.29, 1.82) is 0 Å². The molecule has 2 aromatic rings. The molecule has 0 aliphatic carbocycles. The number of esters is 1. The summed E-state index contributed by atoms with van der Waals surface area (Å²) in [6.45, 7) is 19.9. The fourth-order valence-corrected chi connectivity index (χ4v) is 7.03. The lowest BCUT2D eigenvalue weighted by Gasteiger charge is -2.41. The summed E-state index contributed by atoms with van der Waals surface area (Å²) >= 11 is 0. The summed E-state index contributed by atoms with van der Waals surface area (Å²) < 4.78 is 25.4. The largest absolute Gasteiger partial charge is 0.493 e. The van der Waals surface area contributed by atoms with Crippen LogP contribution in [0.5, 0.6) is 11.5 Å². The normalized spacial score (nSPS) is 18.5. The number of likely N-dealkylation sites (tertiary alicyclic amines) is 1. The zero-order chi connectivity index (χ0) is 32.2. The number of rotatable bonds is 13. The number of amides is 1. The Morgan fingerprint density at radius 1 is 1.07 bits per heavy atom.